The molecule has 4 aromatic rings. The van der Waals surface area contributed by atoms with Gasteiger partial charge in [-0.1, -0.05) is 54.2 Å². The zero-order valence-electron chi connectivity index (χ0n) is 18.8. The van der Waals surface area contributed by atoms with Crippen LogP contribution in [0.25, 0.3) is 11.3 Å². The molecule has 2 heterocycles. The quantitative estimate of drug-likeness (QED) is 0.352. The first-order chi connectivity index (χ1) is 16.6. The van der Waals surface area contributed by atoms with Gasteiger partial charge in [0.15, 0.2) is 0 Å². The minimum Gasteiger partial charge on any atom is -0.489 e. The Kier molecular flexibility index (Phi) is 5.90. The first-order valence-electron chi connectivity index (χ1n) is 10.8. The highest BCUT2D eigenvalue weighted by Gasteiger charge is 2.44. The van der Waals surface area contributed by atoms with E-state index >= 15 is 0 Å². The highest BCUT2D eigenvalue weighted by Crippen LogP contribution is 2.37. The van der Waals surface area contributed by atoms with Gasteiger partial charge in [-0.3, -0.25) is 14.6 Å². The SMILES string of the molecule is CSc1n[n+]2c(c(=O)[nH]1)-c1ccccc1N(C(C)=O)[C@H]2c1ccc(OCc2ccccc2)cc1. The lowest BCUT2D eigenvalue weighted by Gasteiger charge is -2.31. The summed E-state index contributed by atoms with van der Waals surface area (Å²) in [6.45, 7) is 1.98. The minimum absolute atomic E-state index is 0.146. The van der Waals surface area contributed by atoms with Crippen LogP contribution in [-0.4, -0.2) is 22.2 Å². The molecule has 0 spiro atoms. The van der Waals surface area contributed by atoms with Crippen LogP contribution in [0.1, 0.15) is 24.2 Å². The number of ether oxygens (including phenoxy) is 1. The fourth-order valence-electron chi connectivity index (χ4n) is 4.18. The Morgan fingerprint density at radius 2 is 1.76 bits per heavy atom. The van der Waals surface area contributed by atoms with Crippen LogP contribution in [0.4, 0.5) is 5.69 Å². The van der Waals surface area contributed by atoms with Crippen LogP contribution in [-0.2, 0) is 11.4 Å². The molecule has 1 atom stereocenters. The van der Waals surface area contributed by atoms with E-state index in [1.807, 2.05) is 85.1 Å². The monoisotopic (exact) mass is 471 g/mol. The number of hydrogen-bond acceptors (Lipinski definition) is 5. The Balaban J connectivity index is 1.58. The molecule has 0 unspecified atom stereocenters. The number of nitrogens with one attached hydrogen (secondary N) is 1. The summed E-state index contributed by atoms with van der Waals surface area (Å²) in [7, 11) is 0. The number of fused-ring (bicyclic) bond motifs is 3. The molecule has 0 aliphatic carbocycles. The van der Waals surface area contributed by atoms with Gasteiger partial charge >= 0.3 is 11.3 Å². The molecule has 1 amide bonds. The fraction of sp³-hybridized carbons (Fsp3) is 0.154. The van der Waals surface area contributed by atoms with Crippen molar-refractivity contribution in [1.82, 2.24) is 10.1 Å². The molecule has 7 nitrogen and oxygen atoms in total. The van der Waals surface area contributed by atoms with Gasteiger partial charge < -0.3 is 4.74 Å². The molecule has 0 bridgehead atoms. The van der Waals surface area contributed by atoms with Crippen molar-refractivity contribution in [1.29, 1.82) is 0 Å². The summed E-state index contributed by atoms with van der Waals surface area (Å²) in [6, 6.07) is 24.9. The van der Waals surface area contributed by atoms with Crippen molar-refractivity contribution in [3.05, 3.63) is 100 Å². The number of benzene rings is 3. The average Bonchev–Trinajstić information content (AvgIpc) is 2.87. The second-order valence-electron chi connectivity index (χ2n) is 7.88. The second-order valence-corrected chi connectivity index (χ2v) is 8.67. The Bertz CT molecular complexity index is 1400. The lowest BCUT2D eigenvalue weighted by atomic mass is 10.0. The van der Waals surface area contributed by atoms with Gasteiger partial charge in [0.05, 0.1) is 11.3 Å². The number of rotatable bonds is 5. The van der Waals surface area contributed by atoms with Gasteiger partial charge in [0.1, 0.15) is 12.4 Å². The number of carbonyl (C=O) groups excluding carboxylic acids is 1. The van der Waals surface area contributed by atoms with Crippen LogP contribution in [0, 0.1) is 0 Å². The van der Waals surface area contributed by atoms with Crippen molar-refractivity contribution in [3.63, 3.8) is 0 Å². The number of nitrogens with zero attached hydrogens (tertiary/aromatic N) is 3. The van der Waals surface area contributed by atoms with Gasteiger partial charge in [-0.15, -0.1) is 0 Å². The van der Waals surface area contributed by atoms with Crippen molar-refractivity contribution in [3.8, 4) is 17.0 Å². The van der Waals surface area contributed by atoms with E-state index in [1.165, 1.54) is 18.7 Å². The Hall–Kier alpha value is -3.91. The van der Waals surface area contributed by atoms with Crippen LogP contribution in [0.15, 0.2) is 88.8 Å². The van der Waals surface area contributed by atoms with E-state index in [4.69, 9.17) is 4.74 Å². The number of aromatic nitrogens is 3. The molecule has 1 aromatic heterocycles. The van der Waals surface area contributed by atoms with E-state index in [-0.39, 0.29) is 11.5 Å². The van der Waals surface area contributed by atoms with Gasteiger partial charge in [0.25, 0.3) is 6.17 Å². The van der Waals surface area contributed by atoms with Crippen LogP contribution in [0.5, 0.6) is 5.75 Å². The summed E-state index contributed by atoms with van der Waals surface area (Å²) < 4.78 is 7.58. The van der Waals surface area contributed by atoms with Crippen molar-refractivity contribution in [2.24, 2.45) is 0 Å². The molecule has 170 valence electrons. The van der Waals surface area contributed by atoms with E-state index in [9.17, 15) is 9.59 Å². The normalized spacial score (nSPS) is 14.3. The molecular weight excluding hydrogens is 448 g/mol. The number of carbonyl (C=O) groups is 1. The van der Waals surface area contributed by atoms with Crippen molar-refractivity contribution in [2.45, 2.75) is 24.9 Å². The summed E-state index contributed by atoms with van der Waals surface area (Å²) in [6.07, 6.45) is 1.23. The molecule has 0 saturated heterocycles. The molecule has 5 rings (SSSR count). The predicted octanol–water partition coefficient (Wildman–Crippen LogP) is 3.94. The molecule has 34 heavy (non-hydrogen) atoms. The Morgan fingerprint density at radius 1 is 1.06 bits per heavy atom. The first kappa shape index (κ1) is 21.9. The number of thioether (sulfide) groups is 1. The van der Waals surface area contributed by atoms with Gasteiger partial charge in [-0.05, 0) is 52.9 Å². The minimum atomic E-state index is -0.612. The van der Waals surface area contributed by atoms with Crippen LogP contribution in [0.2, 0.25) is 0 Å². The summed E-state index contributed by atoms with van der Waals surface area (Å²) >= 11 is 1.34. The maximum Gasteiger partial charge on any atom is 0.325 e. The molecule has 8 heteroatoms. The third kappa shape index (κ3) is 3.97. The highest BCUT2D eigenvalue weighted by atomic mass is 32.2. The van der Waals surface area contributed by atoms with Crippen molar-refractivity contribution >= 4 is 23.4 Å². The molecule has 0 radical (unpaired) electrons. The molecule has 1 aliphatic heterocycles. The molecule has 3 aromatic carbocycles. The van der Waals surface area contributed by atoms with Gasteiger partial charge in [0.2, 0.25) is 11.1 Å². The maximum atomic E-state index is 13.1. The number of aromatic amines is 1. The summed E-state index contributed by atoms with van der Waals surface area (Å²) in [5.41, 5.74) is 3.40. The van der Waals surface area contributed by atoms with Crippen molar-refractivity contribution < 1.29 is 14.2 Å². The molecule has 1 N–H and O–H groups in total. The van der Waals surface area contributed by atoms with Gasteiger partial charge in [0, 0.05) is 17.6 Å². The largest absolute Gasteiger partial charge is 0.489 e. The summed E-state index contributed by atoms with van der Waals surface area (Å²) in [5.74, 6) is 0.569. The number of para-hydroxylation sites is 1. The van der Waals surface area contributed by atoms with Crippen LogP contribution < -0.4 is 19.9 Å². The maximum absolute atomic E-state index is 13.1. The molecule has 1 aliphatic rings. The predicted molar refractivity (Wildman–Crippen MR) is 131 cm³/mol. The lowest BCUT2D eigenvalue weighted by Crippen LogP contribution is -2.60. The number of anilines is 1. The summed E-state index contributed by atoms with van der Waals surface area (Å²) in [4.78, 5) is 30.5. The smallest absolute Gasteiger partial charge is 0.325 e. The third-order valence-electron chi connectivity index (χ3n) is 5.72. The van der Waals surface area contributed by atoms with E-state index in [0.29, 0.717) is 34.5 Å². The van der Waals surface area contributed by atoms with Gasteiger partial charge in [-0.25, -0.2) is 4.90 Å². The van der Waals surface area contributed by atoms with Crippen LogP contribution in [0.3, 0.4) is 0 Å². The van der Waals surface area contributed by atoms with E-state index < -0.39 is 6.17 Å². The summed E-state index contributed by atoms with van der Waals surface area (Å²) in [5, 5.41) is 5.16. The molecular formula is C26H23N4O3S+. The first-order valence-corrected chi connectivity index (χ1v) is 12.1. The van der Waals surface area contributed by atoms with Crippen LogP contribution >= 0.6 is 11.8 Å². The average molecular weight is 472 g/mol. The molecule has 0 saturated carbocycles. The number of H-pyrrole nitrogens is 1. The molecule has 0 fully saturated rings. The highest BCUT2D eigenvalue weighted by molar-refractivity contribution is 7.98. The Morgan fingerprint density at radius 3 is 2.47 bits per heavy atom. The van der Waals surface area contributed by atoms with E-state index in [1.54, 1.807) is 9.58 Å². The standard InChI is InChI=1S/C26H22N4O3S/c1-17(31)29-22-11-7-6-10-21(22)23-24(32)27-26(34-2)28-30(23)25(29)19-12-14-20(15-13-19)33-16-18-8-4-3-5-9-18/h3-15,25H,16H2,1-2H3/p+1/t25-/m1/s1. The van der Waals surface area contributed by atoms with E-state index in [0.717, 1.165) is 11.1 Å². The number of amides is 1. The second kappa shape index (κ2) is 9.15. The van der Waals surface area contributed by atoms with Gasteiger partial charge in [-0.2, -0.15) is 0 Å². The Labute approximate surface area is 201 Å². The van der Waals surface area contributed by atoms with E-state index in [2.05, 4.69) is 10.1 Å². The zero-order chi connectivity index (χ0) is 23.7. The number of hydrogen-bond donors (Lipinski definition) is 1. The fourth-order valence-corrected chi connectivity index (χ4v) is 4.55. The lowest BCUT2D eigenvalue weighted by molar-refractivity contribution is -0.763. The third-order valence-corrected chi connectivity index (χ3v) is 6.29. The van der Waals surface area contributed by atoms with Crippen molar-refractivity contribution in [2.75, 3.05) is 11.2 Å². The topological polar surface area (TPSA) is 79.2 Å². The zero-order valence-corrected chi connectivity index (χ0v) is 19.6.